The Morgan fingerprint density at radius 1 is 1.08 bits per heavy atom. The lowest BCUT2D eigenvalue weighted by Crippen LogP contribution is -2.55. The van der Waals surface area contributed by atoms with Crippen LogP contribution in [0.25, 0.3) is 22.2 Å². The fourth-order valence-electron chi connectivity index (χ4n) is 5.68. The SMILES string of the molecule is CCC(=O)CCCCC[C@H](NC(=O)C12CCN(CC1)CC2)c1ncc(-c2ccc3ncccc3c2)[nH]1. The van der Waals surface area contributed by atoms with Crippen molar-refractivity contribution in [1.29, 1.82) is 0 Å². The predicted octanol–water partition coefficient (Wildman–Crippen LogP) is 5.20. The van der Waals surface area contributed by atoms with Gasteiger partial charge >= 0.3 is 0 Å². The Morgan fingerprint density at radius 2 is 1.89 bits per heavy atom. The summed E-state index contributed by atoms with van der Waals surface area (Å²) < 4.78 is 0. The van der Waals surface area contributed by atoms with Crippen molar-refractivity contribution in [1.82, 2.24) is 25.2 Å². The van der Waals surface area contributed by atoms with Crippen molar-refractivity contribution in [2.24, 2.45) is 5.41 Å². The first-order valence-electron chi connectivity index (χ1n) is 13.5. The maximum atomic E-state index is 13.6. The summed E-state index contributed by atoms with van der Waals surface area (Å²) in [6, 6.07) is 10.0. The number of hydrogen-bond donors (Lipinski definition) is 2. The maximum Gasteiger partial charge on any atom is 0.226 e. The molecule has 3 aromatic rings. The van der Waals surface area contributed by atoms with E-state index in [0.29, 0.717) is 18.6 Å². The van der Waals surface area contributed by atoms with E-state index >= 15 is 0 Å². The standard InChI is InChI=1S/C29H37N5O2/c1-2-23(35)8-4-3-5-9-25(33-28(36)29-12-16-34(17-13-29)18-14-29)27-31-20-26(32-27)22-10-11-24-21(19-22)7-6-15-30-24/h6-7,10-11,15,19-20,25H,2-5,8-9,12-14,16-18H2,1H3,(H,31,32)(H,33,36)/t25-/m0/s1. The van der Waals surface area contributed by atoms with Crippen LogP contribution >= 0.6 is 0 Å². The van der Waals surface area contributed by atoms with Crippen molar-refractivity contribution in [3.05, 3.63) is 48.5 Å². The van der Waals surface area contributed by atoms with E-state index in [1.54, 1.807) is 6.20 Å². The zero-order chi connectivity index (χ0) is 25.0. The Morgan fingerprint density at radius 3 is 2.67 bits per heavy atom. The molecule has 3 aliphatic rings. The van der Waals surface area contributed by atoms with E-state index in [0.717, 1.165) is 92.6 Å². The molecule has 3 fully saturated rings. The second-order valence-corrected chi connectivity index (χ2v) is 10.5. The van der Waals surface area contributed by atoms with Crippen molar-refractivity contribution >= 4 is 22.6 Å². The van der Waals surface area contributed by atoms with Crippen molar-refractivity contribution < 1.29 is 9.59 Å². The number of hydrogen-bond acceptors (Lipinski definition) is 5. The Bertz CT molecular complexity index is 1200. The molecule has 0 spiro atoms. The molecule has 1 atom stereocenters. The summed E-state index contributed by atoms with van der Waals surface area (Å²) in [5.41, 5.74) is 2.72. The summed E-state index contributed by atoms with van der Waals surface area (Å²) in [5.74, 6) is 1.31. The normalized spacial score (nSPS) is 22.0. The summed E-state index contributed by atoms with van der Waals surface area (Å²) in [6.45, 7) is 4.98. The van der Waals surface area contributed by atoms with E-state index in [4.69, 9.17) is 4.98 Å². The molecule has 0 unspecified atom stereocenters. The average molecular weight is 488 g/mol. The van der Waals surface area contributed by atoms with Gasteiger partial charge in [-0.25, -0.2) is 4.98 Å². The van der Waals surface area contributed by atoms with Crippen molar-refractivity contribution in [3.63, 3.8) is 0 Å². The Kier molecular flexibility index (Phi) is 7.46. The number of amides is 1. The number of nitrogens with one attached hydrogen (secondary N) is 2. The van der Waals surface area contributed by atoms with Crippen LogP contribution in [-0.2, 0) is 9.59 Å². The molecule has 7 nitrogen and oxygen atoms in total. The summed E-state index contributed by atoms with van der Waals surface area (Å²) in [7, 11) is 0. The van der Waals surface area contributed by atoms with Crippen LogP contribution in [0.5, 0.6) is 0 Å². The highest BCUT2D eigenvalue weighted by Gasteiger charge is 2.45. The predicted molar refractivity (Wildman–Crippen MR) is 141 cm³/mol. The second-order valence-electron chi connectivity index (χ2n) is 10.5. The van der Waals surface area contributed by atoms with E-state index in [9.17, 15) is 9.59 Å². The fraction of sp³-hybridized carbons (Fsp3) is 0.517. The molecular formula is C29H37N5O2. The number of imidazole rings is 1. The third-order valence-corrected chi connectivity index (χ3v) is 8.19. The minimum Gasteiger partial charge on any atom is -0.346 e. The summed E-state index contributed by atoms with van der Waals surface area (Å²) >= 11 is 0. The first-order chi connectivity index (χ1) is 17.6. The Labute approximate surface area is 213 Å². The van der Waals surface area contributed by atoms with Crippen molar-refractivity contribution in [3.8, 4) is 11.3 Å². The third kappa shape index (κ3) is 5.36. The largest absolute Gasteiger partial charge is 0.346 e. The number of aromatic nitrogens is 3. The zero-order valence-corrected chi connectivity index (χ0v) is 21.3. The molecule has 3 saturated heterocycles. The number of carbonyl (C=O) groups excluding carboxylic acids is 2. The van der Waals surface area contributed by atoms with Gasteiger partial charge in [-0.1, -0.05) is 31.9 Å². The fourth-order valence-corrected chi connectivity index (χ4v) is 5.68. The van der Waals surface area contributed by atoms with Crippen molar-refractivity contribution in [2.45, 2.75) is 70.8 Å². The minimum absolute atomic E-state index is 0.162. The number of rotatable bonds is 11. The highest BCUT2D eigenvalue weighted by atomic mass is 16.2. The van der Waals surface area contributed by atoms with Gasteiger partial charge in [0.2, 0.25) is 5.91 Å². The molecule has 0 saturated carbocycles. The van der Waals surface area contributed by atoms with E-state index < -0.39 is 0 Å². The van der Waals surface area contributed by atoms with E-state index in [-0.39, 0.29) is 17.4 Å². The summed E-state index contributed by atoms with van der Waals surface area (Å²) in [6.07, 6.45) is 11.4. The monoisotopic (exact) mass is 487 g/mol. The molecule has 0 aliphatic carbocycles. The van der Waals surface area contributed by atoms with Crippen LogP contribution in [0.15, 0.2) is 42.7 Å². The van der Waals surface area contributed by atoms with Gasteiger partial charge in [0.15, 0.2) is 0 Å². The number of benzene rings is 1. The van der Waals surface area contributed by atoms with Gasteiger partial charge in [-0.05, 0) is 69.9 Å². The van der Waals surface area contributed by atoms with Crippen LogP contribution in [-0.4, -0.2) is 51.2 Å². The Balaban J connectivity index is 1.31. The number of carbonyl (C=O) groups is 2. The first-order valence-corrected chi connectivity index (χ1v) is 13.5. The van der Waals surface area contributed by atoms with E-state index in [1.807, 2.05) is 25.3 Å². The van der Waals surface area contributed by atoms with Crippen LogP contribution in [0, 0.1) is 5.41 Å². The van der Waals surface area contributed by atoms with Gasteiger partial charge < -0.3 is 15.2 Å². The minimum atomic E-state index is -0.235. The molecule has 6 rings (SSSR count). The van der Waals surface area contributed by atoms with Gasteiger partial charge in [0.05, 0.1) is 28.9 Å². The lowest BCUT2D eigenvalue weighted by Gasteiger charge is -2.47. The molecule has 2 bridgehead atoms. The smallest absolute Gasteiger partial charge is 0.226 e. The zero-order valence-electron chi connectivity index (χ0n) is 21.3. The summed E-state index contributed by atoms with van der Waals surface area (Å²) in [4.78, 5) is 40.3. The number of ketones is 1. The molecule has 190 valence electrons. The number of H-pyrrole nitrogens is 1. The third-order valence-electron chi connectivity index (χ3n) is 8.19. The highest BCUT2D eigenvalue weighted by Crippen LogP contribution is 2.41. The van der Waals surface area contributed by atoms with Gasteiger partial charge in [0.1, 0.15) is 11.6 Å². The quantitative estimate of drug-likeness (QED) is 0.363. The van der Waals surface area contributed by atoms with Crippen molar-refractivity contribution in [2.75, 3.05) is 19.6 Å². The van der Waals surface area contributed by atoms with Crippen LogP contribution in [0.4, 0.5) is 0 Å². The Hall–Kier alpha value is -3.06. The molecule has 2 aromatic heterocycles. The van der Waals surface area contributed by atoms with Crippen LogP contribution < -0.4 is 5.32 Å². The van der Waals surface area contributed by atoms with Gasteiger partial charge in [0, 0.05) is 30.0 Å². The molecule has 36 heavy (non-hydrogen) atoms. The molecule has 1 amide bonds. The highest BCUT2D eigenvalue weighted by molar-refractivity contribution is 5.84. The number of pyridine rings is 1. The van der Waals surface area contributed by atoms with Gasteiger partial charge in [-0.2, -0.15) is 0 Å². The van der Waals surface area contributed by atoms with Gasteiger partial charge in [-0.15, -0.1) is 0 Å². The number of unbranched alkanes of at least 4 members (excludes halogenated alkanes) is 2. The lowest BCUT2D eigenvalue weighted by molar-refractivity contribution is -0.139. The van der Waals surface area contributed by atoms with E-state index in [2.05, 4.69) is 38.4 Å². The topological polar surface area (TPSA) is 91.0 Å². The first kappa shape index (κ1) is 24.6. The maximum absolute atomic E-state index is 13.6. The van der Waals surface area contributed by atoms with Crippen LogP contribution in [0.2, 0.25) is 0 Å². The number of piperidine rings is 3. The second kappa shape index (κ2) is 10.9. The number of nitrogens with zero attached hydrogens (tertiary/aromatic N) is 3. The molecule has 7 heteroatoms. The summed E-state index contributed by atoms with van der Waals surface area (Å²) in [5, 5.41) is 4.48. The van der Waals surface area contributed by atoms with E-state index in [1.165, 1.54) is 0 Å². The number of fused-ring (bicyclic) bond motifs is 4. The molecule has 2 N–H and O–H groups in total. The molecule has 0 radical (unpaired) electrons. The molecular weight excluding hydrogens is 450 g/mol. The number of Topliss-reactive ketones (excluding diaryl/α,β-unsaturated/α-hetero) is 1. The molecule has 5 heterocycles. The van der Waals surface area contributed by atoms with Crippen LogP contribution in [0.3, 0.4) is 0 Å². The van der Waals surface area contributed by atoms with Crippen LogP contribution in [0.1, 0.15) is 76.6 Å². The molecule has 1 aromatic carbocycles. The van der Waals surface area contributed by atoms with Gasteiger partial charge in [0.25, 0.3) is 0 Å². The molecule has 3 aliphatic heterocycles. The van der Waals surface area contributed by atoms with Gasteiger partial charge in [-0.3, -0.25) is 14.6 Å². The lowest BCUT2D eigenvalue weighted by atomic mass is 9.71. The number of aromatic amines is 1. The average Bonchev–Trinajstić information content (AvgIpc) is 3.43.